The molecule has 0 radical (unpaired) electrons. The molecule has 1 aliphatic heterocycles. The summed E-state index contributed by atoms with van der Waals surface area (Å²) in [5, 5.41) is 20.8. The Balaban J connectivity index is 2.34. The van der Waals surface area contributed by atoms with Gasteiger partial charge in [0.2, 0.25) is 5.91 Å². The van der Waals surface area contributed by atoms with Crippen LogP contribution in [0.5, 0.6) is 0 Å². The lowest BCUT2D eigenvalue weighted by atomic mass is 10.2. The molecule has 1 amide bonds. The Morgan fingerprint density at radius 2 is 2.06 bits per heavy atom. The van der Waals surface area contributed by atoms with Crippen molar-refractivity contribution in [2.75, 3.05) is 46.1 Å². The first-order chi connectivity index (χ1) is 7.77. The monoisotopic (exact) mass is 232 g/mol. The molecular weight excluding hydrogens is 212 g/mol. The standard InChI is InChI=1S/C10H20N2O4/c13-4-2-12(3-5-14)10(15)7-9-8-16-6-1-11-9/h9,11,13-14H,1-8H2. The van der Waals surface area contributed by atoms with E-state index in [0.717, 1.165) is 6.54 Å². The number of rotatable bonds is 6. The molecule has 1 aliphatic rings. The van der Waals surface area contributed by atoms with E-state index in [1.54, 1.807) is 0 Å². The highest BCUT2D eigenvalue weighted by atomic mass is 16.5. The van der Waals surface area contributed by atoms with E-state index in [0.29, 0.717) is 19.6 Å². The van der Waals surface area contributed by atoms with E-state index >= 15 is 0 Å². The molecule has 0 bridgehead atoms. The molecule has 16 heavy (non-hydrogen) atoms. The Morgan fingerprint density at radius 1 is 1.38 bits per heavy atom. The van der Waals surface area contributed by atoms with Crippen LogP contribution in [0, 0.1) is 0 Å². The third-order valence-corrected chi connectivity index (χ3v) is 2.51. The van der Waals surface area contributed by atoms with Crippen molar-refractivity contribution in [2.24, 2.45) is 0 Å². The Kier molecular flexibility index (Phi) is 6.32. The summed E-state index contributed by atoms with van der Waals surface area (Å²) in [6.45, 7) is 2.36. The molecule has 6 heteroatoms. The second kappa shape index (κ2) is 7.56. The van der Waals surface area contributed by atoms with E-state index in [9.17, 15) is 4.79 Å². The van der Waals surface area contributed by atoms with Crippen LogP contribution < -0.4 is 5.32 Å². The molecule has 0 aliphatic carbocycles. The van der Waals surface area contributed by atoms with Gasteiger partial charge in [-0.3, -0.25) is 4.79 Å². The molecule has 1 heterocycles. The molecule has 1 unspecified atom stereocenters. The van der Waals surface area contributed by atoms with Crippen LogP contribution in [0.15, 0.2) is 0 Å². The van der Waals surface area contributed by atoms with Crippen molar-refractivity contribution in [1.29, 1.82) is 0 Å². The molecule has 1 fully saturated rings. The van der Waals surface area contributed by atoms with Gasteiger partial charge in [0.1, 0.15) is 0 Å². The number of nitrogens with zero attached hydrogens (tertiary/aromatic N) is 1. The number of carbonyl (C=O) groups is 1. The van der Waals surface area contributed by atoms with Gasteiger partial charge < -0.3 is 25.2 Å². The smallest absolute Gasteiger partial charge is 0.224 e. The topological polar surface area (TPSA) is 82.0 Å². The molecule has 6 nitrogen and oxygen atoms in total. The molecule has 0 saturated carbocycles. The highest BCUT2D eigenvalue weighted by molar-refractivity contribution is 5.76. The maximum Gasteiger partial charge on any atom is 0.224 e. The Hall–Kier alpha value is -0.690. The minimum Gasteiger partial charge on any atom is -0.395 e. The second-order valence-corrected chi connectivity index (χ2v) is 3.76. The van der Waals surface area contributed by atoms with E-state index < -0.39 is 0 Å². The quantitative estimate of drug-likeness (QED) is 0.502. The zero-order valence-corrected chi connectivity index (χ0v) is 9.39. The maximum atomic E-state index is 11.8. The number of nitrogens with one attached hydrogen (secondary N) is 1. The molecule has 0 aromatic rings. The molecule has 1 atom stereocenters. The number of aliphatic hydroxyl groups is 2. The Morgan fingerprint density at radius 3 is 2.56 bits per heavy atom. The summed E-state index contributed by atoms with van der Waals surface area (Å²) < 4.78 is 5.25. The first-order valence-electron chi connectivity index (χ1n) is 5.58. The zero-order chi connectivity index (χ0) is 11.8. The van der Waals surface area contributed by atoms with Gasteiger partial charge in [0, 0.05) is 32.1 Å². The minimum atomic E-state index is -0.0830. The molecular formula is C10H20N2O4. The first-order valence-corrected chi connectivity index (χ1v) is 5.58. The summed E-state index contributed by atoms with van der Waals surface area (Å²) in [6, 6.07) is 0.0427. The fourth-order valence-electron chi connectivity index (χ4n) is 1.69. The van der Waals surface area contributed by atoms with E-state index in [2.05, 4.69) is 5.32 Å². The van der Waals surface area contributed by atoms with Crippen LogP contribution in [0.4, 0.5) is 0 Å². The van der Waals surface area contributed by atoms with E-state index in [1.807, 2.05) is 0 Å². The summed E-state index contributed by atoms with van der Waals surface area (Å²) in [4.78, 5) is 13.3. The van der Waals surface area contributed by atoms with E-state index in [-0.39, 0.29) is 38.3 Å². The summed E-state index contributed by atoms with van der Waals surface area (Å²) in [6.07, 6.45) is 0.347. The molecule has 1 rings (SSSR count). The molecule has 0 aromatic heterocycles. The average Bonchev–Trinajstić information content (AvgIpc) is 2.30. The third kappa shape index (κ3) is 4.44. The Labute approximate surface area is 95.2 Å². The highest BCUT2D eigenvalue weighted by Gasteiger charge is 2.20. The van der Waals surface area contributed by atoms with Gasteiger partial charge in [0.15, 0.2) is 0 Å². The van der Waals surface area contributed by atoms with Crippen molar-refractivity contribution in [1.82, 2.24) is 10.2 Å². The van der Waals surface area contributed by atoms with Gasteiger partial charge in [-0.25, -0.2) is 0 Å². The van der Waals surface area contributed by atoms with Crippen LogP contribution in [0.3, 0.4) is 0 Å². The molecule has 0 aromatic carbocycles. The van der Waals surface area contributed by atoms with Crippen molar-refractivity contribution >= 4 is 5.91 Å². The number of amides is 1. The minimum absolute atomic E-state index is 0.0427. The van der Waals surface area contributed by atoms with Gasteiger partial charge >= 0.3 is 0 Å². The molecule has 1 saturated heterocycles. The number of ether oxygens (including phenoxy) is 1. The van der Waals surface area contributed by atoms with Gasteiger partial charge in [-0.2, -0.15) is 0 Å². The van der Waals surface area contributed by atoms with Gasteiger partial charge in [-0.15, -0.1) is 0 Å². The maximum absolute atomic E-state index is 11.8. The van der Waals surface area contributed by atoms with Gasteiger partial charge in [-0.1, -0.05) is 0 Å². The fourth-order valence-corrected chi connectivity index (χ4v) is 1.69. The SMILES string of the molecule is O=C(CC1COCCN1)N(CCO)CCO. The average molecular weight is 232 g/mol. The van der Waals surface area contributed by atoms with Crippen LogP contribution in [0.1, 0.15) is 6.42 Å². The Bertz CT molecular complexity index is 201. The molecule has 94 valence electrons. The van der Waals surface area contributed by atoms with Crippen LogP contribution >= 0.6 is 0 Å². The summed E-state index contributed by atoms with van der Waals surface area (Å²) in [5.74, 6) is -0.0638. The normalized spacial score (nSPS) is 20.8. The van der Waals surface area contributed by atoms with Gasteiger partial charge in [0.25, 0.3) is 0 Å². The lowest BCUT2D eigenvalue weighted by Gasteiger charge is -2.27. The number of carbonyl (C=O) groups excluding carboxylic acids is 1. The van der Waals surface area contributed by atoms with Crippen LogP contribution in [0.2, 0.25) is 0 Å². The van der Waals surface area contributed by atoms with Crippen molar-refractivity contribution < 1.29 is 19.7 Å². The first kappa shape index (κ1) is 13.4. The molecule has 3 N–H and O–H groups in total. The number of morpholine rings is 1. The predicted molar refractivity (Wildman–Crippen MR) is 58.0 cm³/mol. The molecule has 0 spiro atoms. The summed E-state index contributed by atoms with van der Waals surface area (Å²) >= 11 is 0. The predicted octanol–water partition coefficient (Wildman–Crippen LogP) is -1.82. The fraction of sp³-hybridized carbons (Fsp3) is 0.900. The van der Waals surface area contributed by atoms with Crippen molar-refractivity contribution in [3.05, 3.63) is 0 Å². The number of hydrogen-bond donors (Lipinski definition) is 3. The van der Waals surface area contributed by atoms with Crippen LogP contribution in [0.25, 0.3) is 0 Å². The van der Waals surface area contributed by atoms with E-state index in [1.165, 1.54) is 4.90 Å². The van der Waals surface area contributed by atoms with Gasteiger partial charge in [-0.05, 0) is 0 Å². The zero-order valence-electron chi connectivity index (χ0n) is 9.39. The lowest BCUT2D eigenvalue weighted by molar-refractivity contribution is -0.133. The van der Waals surface area contributed by atoms with Crippen LogP contribution in [-0.2, 0) is 9.53 Å². The number of hydrogen-bond acceptors (Lipinski definition) is 5. The van der Waals surface area contributed by atoms with Gasteiger partial charge in [0.05, 0.1) is 26.4 Å². The summed E-state index contributed by atoms with van der Waals surface area (Å²) in [5.41, 5.74) is 0. The highest BCUT2D eigenvalue weighted by Crippen LogP contribution is 2.02. The third-order valence-electron chi connectivity index (χ3n) is 2.51. The largest absolute Gasteiger partial charge is 0.395 e. The second-order valence-electron chi connectivity index (χ2n) is 3.76. The van der Waals surface area contributed by atoms with E-state index in [4.69, 9.17) is 14.9 Å². The lowest BCUT2D eigenvalue weighted by Crippen LogP contribution is -2.46. The van der Waals surface area contributed by atoms with Crippen molar-refractivity contribution in [3.63, 3.8) is 0 Å². The van der Waals surface area contributed by atoms with Crippen molar-refractivity contribution in [3.8, 4) is 0 Å². The summed E-state index contributed by atoms with van der Waals surface area (Å²) in [7, 11) is 0. The van der Waals surface area contributed by atoms with Crippen molar-refractivity contribution in [2.45, 2.75) is 12.5 Å². The number of aliphatic hydroxyl groups excluding tert-OH is 2. The van der Waals surface area contributed by atoms with Crippen LogP contribution in [-0.4, -0.2) is 73.1 Å².